The predicted molar refractivity (Wildman–Crippen MR) is 95.7 cm³/mol. The molecule has 0 aliphatic heterocycles. The van der Waals surface area contributed by atoms with Crippen molar-refractivity contribution in [3.05, 3.63) is 41.0 Å². The number of phenolic OH excluding ortho intramolecular Hbond substituents is 1. The molecule has 0 saturated heterocycles. The summed E-state index contributed by atoms with van der Waals surface area (Å²) in [7, 11) is 0. The summed E-state index contributed by atoms with van der Waals surface area (Å²) in [6.45, 7) is 4.85. The minimum absolute atomic E-state index is 0.438. The standard InChI is InChI=1S/C22H30O/c1-3-4-5-16-7-11-21-20-9-6-15-14-17(23)8-10-18(15)19(20)12-13-22(16,21)2/h5,8,10,14,19-21,23H,3-4,6-7,9,11-13H2,1-2H3/t19-,20-,21+,22-/m1/s1. The molecule has 3 aliphatic rings. The molecule has 0 radical (unpaired) electrons. The van der Waals surface area contributed by atoms with E-state index < -0.39 is 0 Å². The molecule has 4 rings (SSSR count). The molecular formula is C22H30O. The van der Waals surface area contributed by atoms with Crippen LogP contribution in [0.2, 0.25) is 0 Å². The number of aromatic hydroxyl groups is 1. The van der Waals surface area contributed by atoms with Crippen molar-refractivity contribution in [3.63, 3.8) is 0 Å². The highest BCUT2D eigenvalue weighted by Crippen LogP contribution is 2.62. The van der Waals surface area contributed by atoms with Crippen LogP contribution in [0.15, 0.2) is 29.8 Å². The lowest BCUT2D eigenvalue weighted by molar-refractivity contribution is 0.0812. The van der Waals surface area contributed by atoms with Gasteiger partial charge in [-0.1, -0.05) is 38.0 Å². The van der Waals surface area contributed by atoms with Gasteiger partial charge in [-0.25, -0.2) is 0 Å². The Hall–Kier alpha value is -1.24. The maximum Gasteiger partial charge on any atom is 0.115 e. The maximum absolute atomic E-state index is 9.79. The molecule has 23 heavy (non-hydrogen) atoms. The Kier molecular flexibility index (Phi) is 3.78. The smallest absolute Gasteiger partial charge is 0.115 e. The van der Waals surface area contributed by atoms with Crippen LogP contribution in [-0.4, -0.2) is 5.11 Å². The number of fused-ring (bicyclic) bond motifs is 5. The third-order valence-corrected chi connectivity index (χ3v) is 7.24. The van der Waals surface area contributed by atoms with Gasteiger partial charge in [-0.05, 0) is 91.4 Å². The number of rotatable bonds is 2. The summed E-state index contributed by atoms with van der Waals surface area (Å²) in [6, 6.07) is 6.13. The third-order valence-electron chi connectivity index (χ3n) is 7.24. The molecule has 124 valence electrons. The van der Waals surface area contributed by atoms with E-state index in [9.17, 15) is 5.11 Å². The summed E-state index contributed by atoms with van der Waals surface area (Å²) < 4.78 is 0. The number of phenols is 1. The average Bonchev–Trinajstić information content (AvgIpc) is 2.89. The Labute approximate surface area is 140 Å². The Morgan fingerprint density at radius 1 is 1.22 bits per heavy atom. The molecule has 4 atom stereocenters. The predicted octanol–water partition coefficient (Wildman–Crippen LogP) is 5.97. The van der Waals surface area contributed by atoms with Crippen molar-refractivity contribution in [2.75, 3.05) is 0 Å². The van der Waals surface area contributed by atoms with E-state index in [2.05, 4.69) is 26.0 Å². The second-order valence-electron chi connectivity index (χ2n) is 8.31. The monoisotopic (exact) mass is 310 g/mol. The van der Waals surface area contributed by atoms with Crippen LogP contribution >= 0.6 is 0 Å². The fraction of sp³-hybridized carbons (Fsp3) is 0.636. The van der Waals surface area contributed by atoms with Gasteiger partial charge in [0, 0.05) is 0 Å². The largest absolute Gasteiger partial charge is 0.508 e. The lowest BCUT2D eigenvalue weighted by atomic mass is 9.55. The molecule has 1 heteroatoms. The van der Waals surface area contributed by atoms with Crippen molar-refractivity contribution < 1.29 is 5.11 Å². The highest BCUT2D eigenvalue weighted by atomic mass is 16.3. The maximum atomic E-state index is 9.79. The quantitative estimate of drug-likeness (QED) is 0.667. The fourth-order valence-electron chi connectivity index (χ4n) is 6.07. The van der Waals surface area contributed by atoms with Gasteiger partial charge in [-0.3, -0.25) is 0 Å². The van der Waals surface area contributed by atoms with Gasteiger partial charge in [-0.2, -0.15) is 0 Å². The van der Waals surface area contributed by atoms with Crippen LogP contribution in [0.4, 0.5) is 0 Å². The highest BCUT2D eigenvalue weighted by Gasteiger charge is 2.52. The van der Waals surface area contributed by atoms with E-state index in [0.29, 0.717) is 11.2 Å². The zero-order chi connectivity index (χ0) is 16.0. The zero-order valence-corrected chi connectivity index (χ0v) is 14.6. The normalized spacial score (nSPS) is 37.3. The molecule has 1 nitrogen and oxygen atoms in total. The van der Waals surface area contributed by atoms with Gasteiger partial charge in [0.2, 0.25) is 0 Å². The molecule has 0 aromatic heterocycles. The molecule has 2 saturated carbocycles. The Morgan fingerprint density at radius 2 is 2.09 bits per heavy atom. The minimum Gasteiger partial charge on any atom is -0.508 e. The van der Waals surface area contributed by atoms with Gasteiger partial charge in [0.05, 0.1) is 0 Å². The summed E-state index contributed by atoms with van der Waals surface area (Å²) in [5, 5.41) is 9.79. The van der Waals surface area contributed by atoms with Gasteiger partial charge in [0.15, 0.2) is 0 Å². The molecule has 3 aliphatic carbocycles. The van der Waals surface area contributed by atoms with Crippen molar-refractivity contribution in [3.8, 4) is 5.75 Å². The summed E-state index contributed by atoms with van der Waals surface area (Å²) in [5.74, 6) is 2.92. The van der Waals surface area contributed by atoms with E-state index in [-0.39, 0.29) is 0 Å². The first kappa shape index (κ1) is 15.3. The van der Waals surface area contributed by atoms with Gasteiger partial charge < -0.3 is 5.11 Å². The number of hydrogen-bond donors (Lipinski definition) is 1. The van der Waals surface area contributed by atoms with Crippen molar-refractivity contribution >= 4 is 0 Å². The number of benzene rings is 1. The molecule has 0 spiro atoms. The minimum atomic E-state index is 0.438. The molecule has 0 heterocycles. The number of unbranched alkanes of at least 4 members (excludes halogenated alkanes) is 1. The van der Waals surface area contributed by atoms with Crippen molar-refractivity contribution in [2.45, 2.75) is 71.1 Å². The Balaban J connectivity index is 1.65. The van der Waals surface area contributed by atoms with Gasteiger partial charge in [0.1, 0.15) is 5.75 Å². The molecule has 1 aromatic carbocycles. The summed E-state index contributed by atoms with van der Waals surface area (Å²) in [6.07, 6.45) is 13.0. The third kappa shape index (κ3) is 2.35. The highest BCUT2D eigenvalue weighted by molar-refractivity contribution is 5.40. The Bertz CT molecular complexity index is 629. The Morgan fingerprint density at radius 3 is 2.91 bits per heavy atom. The molecule has 2 fully saturated rings. The average molecular weight is 310 g/mol. The zero-order valence-electron chi connectivity index (χ0n) is 14.6. The fourth-order valence-corrected chi connectivity index (χ4v) is 6.07. The molecular weight excluding hydrogens is 280 g/mol. The van der Waals surface area contributed by atoms with Gasteiger partial charge in [0.25, 0.3) is 0 Å². The SMILES string of the molecule is CCCC=C1CC[C@H]2[C@@H]3CCc4cc(O)ccc4[C@H]3CC[C@]12C. The van der Waals surface area contributed by atoms with Crippen LogP contribution in [0.1, 0.15) is 75.8 Å². The van der Waals surface area contributed by atoms with E-state index in [1.54, 1.807) is 11.1 Å². The van der Waals surface area contributed by atoms with E-state index in [1.165, 1.54) is 50.5 Å². The number of allylic oxidation sites excluding steroid dienone is 2. The van der Waals surface area contributed by atoms with Crippen molar-refractivity contribution in [2.24, 2.45) is 17.3 Å². The lowest BCUT2D eigenvalue weighted by Gasteiger charge is -2.49. The van der Waals surface area contributed by atoms with Crippen molar-refractivity contribution in [1.29, 1.82) is 0 Å². The molecule has 0 unspecified atom stereocenters. The molecule has 1 N–H and O–H groups in total. The second kappa shape index (κ2) is 5.69. The first-order valence-corrected chi connectivity index (χ1v) is 9.65. The summed E-state index contributed by atoms with van der Waals surface area (Å²) >= 11 is 0. The van der Waals surface area contributed by atoms with Crippen LogP contribution in [0.3, 0.4) is 0 Å². The van der Waals surface area contributed by atoms with E-state index in [0.717, 1.165) is 24.2 Å². The molecule has 0 amide bonds. The van der Waals surface area contributed by atoms with Crippen LogP contribution in [0.5, 0.6) is 5.75 Å². The number of hydrogen-bond acceptors (Lipinski definition) is 1. The second-order valence-corrected chi connectivity index (χ2v) is 8.31. The van der Waals surface area contributed by atoms with E-state index in [4.69, 9.17) is 0 Å². The van der Waals surface area contributed by atoms with Gasteiger partial charge >= 0.3 is 0 Å². The molecule has 0 bridgehead atoms. The van der Waals surface area contributed by atoms with E-state index in [1.807, 2.05) is 12.1 Å². The first-order valence-electron chi connectivity index (χ1n) is 9.65. The van der Waals surface area contributed by atoms with Crippen molar-refractivity contribution in [1.82, 2.24) is 0 Å². The van der Waals surface area contributed by atoms with Crippen LogP contribution in [0, 0.1) is 17.3 Å². The summed E-state index contributed by atoms with van der Waals surface area (Å²) in [4.78, 5) is 0. The van der Waals surface area contributed by atoms with E-state index >= 15 is 0 Å². The lowest BCUT2D eigenvalue weighted by Crippen LogP contribution is -2.40. The van der Waals surface area contributed by atoms with Crippen LogP contribution in [-0.2, 0) is 6.42 Å². The first-order chi connectivity index (χ1) is 11.1. The van der Waals surface area contributed by atoms with Crippen LogP contribution < -0.4 is 0 Å². The molecule has 1 aromatic rings. The van der Waals surface area contributed by atoms with Crippen LogP contribution in [0.25, 0.3) is 0 Å². The topological polar surface area (TPSA) is 20.2 Å². The summed E-state index contributed by atoms with van der Waals surface area (Å²) in [5.41, 5.74) is 5.21. The van der Waals surface area contributed by atoms with Gasteiger partial charge in [-0.15, -0.1) is 0 Å². The number of aryl methyl sites for hydroxylation is 1.